The van der Waals surface area contributed by atoms with Crippen molar-refractivity contribution < 1.29 is 12.9 Å². The second kappa shape index (κ2) is 6.60. The van der Waals surface area contributed by atoms with Gasteiger partial charge >= 0.3 is 0 Å². The zero-order valence-corrected chi connectivity index (χ0v) is 16.6. The first-order chi connectivity index (χ1) is 12.0. The van der Waals surface area contributed by atoms with Crippen LogP contribution in [0.4, 0.5) is 0 Å². The third-order valence-electron chi connectivity index (χ3n) is 4.29. The number of sulfonamides is 1. The minimum Gasteiger partial charge on any atom is -0.334 e. The van der Waals surface area contributed by atoms with Gasteiger partial charge in [-0.15, -0.1) is 0 Å². The van der Waals surface area contributed by atoms with Crippen LogP contribution in [0.15, 0.2) is 27.6 Å². The fourth-order valence-electron chi connectivity index (χ4n) is 3.06. The van der Waals surface area contributed by atoms with E-state index in [-0.39, 0.29) is 10.8 Å². The average Bonchev–Trinajstić information content (AvgIpc) is 3.15. The highest BCUT2D eigenvalue weighted by Gasteiger charge is 2.36. The van der Waals surface area contributed by atoms with Crippen LogP contribution in [0.3, 0.4) is 0 Å². The number of hydrogen-bond acceptors (Lipinski definition) is 6. The van der Waals surface area contributed by atoms with Gasteiger partial charge in [0.05, 0.1) is 21.0 Å². The van der Waals surface area contributed by atoms with Crippen LogP contribution in [0, 0.1) is 0 Å². The van der Waals surface area contributed by atoms with Gasteiger partial charge in [0.1, 0.15) is 0 Å². The molecule has 3 N–H and O–H groups in total. The van der Waals surface area contributed by atoms with Crippen LogP contribution in [-0.2, 0) is 15.6 Å². The van der Waals surface area contributed by atoms with Gasteiger partial charge in [0.15, 0.2) is 5.82 Å². The normalized spacial score (nSPS) is 17.6. The molecule has 2 aromatic rings. The highest BCUT2D eigenvalue weighted by Crippen LogP contribution is 2.36. The Labute approximate surface area is 158 Å². The minimum atomic E-state index is -3.71. The lowest BCUT2D eigenvalue weighted by atomic mass is 9.99. The fraction of sp³-hybridized carbons (Fsp3) is 0.529. The van der Waals surface area contributed by atoms with Gasteiger partial charge in [0.2, 0.25) is 10.0 Å². The van der Waals surface area contributed by atoms with E-state index in [2.05, 4.69) is 14.9 Å². The Bertz CT molecular complexity index is 912. The van der Waals surface area contributed by atoms with Gasteiger partial charge in [-0.25, -0.2) is 13.1 Å². The molecule has 7 nitrogen and oxygen atoms in total. The Hall–Kier alpha value is -1.48. The number of nitrogens with one attached hydrogen (secondary N) is 1. The zero-order chi connectivity index (χ0) is 19.2. The molecule has 0 radical (unpaired) electrons. The predicted molar refractivity (Wildman–Crippen MR) is 99.2 cm³/mol. The molecule has 0 aliphatic heterocycles. The second-order valence-electron chi connectivity index (χ2n) is 7.78. The first-order valence-electron chi connectivity index (χ1n) is 8.47. The standard InChI is InChI=1S/C17H23ClN4O3S/c1-16(2,3)22-26(23,24)11-6-7-13(18)12(10-11)14-20-15(21-25-14)17(19)8-4-5-9-17/h6-7,10,22H,4-5,8-9,19H2,1-3H3. The Morgan fingerprint density at radius 3 is 2.54 bits per heavy atom. The molecule has 0 unspecified atom stereocenters. The molecule has 1 aliphatic rings. The van der Waals surface area contributed by atoms with E-state index < -0.39 is 21.1 Å². The quantitative estimate of drug-likeness (QED) is 0.817. The summed E-state index contributed by atoms with van der Waals surface area (Å²) in [7, 11) is -3.71. The highest BCUT2D eigenvalue weighted by atomic mass is 35.5. The van der Waals surface area contributed by atoms with Crippen molar-refractivity contribution in [3.63, 3.8) is 0 Å². The fourth-order valence-corrected chi connectivity index (χ4v) is 4.70. The smallest absolute Gasteiger partial charge is 0.259 e. The molecule has 0 atom stereocenters. The third kappa shape index (κ3) is 3.93. The molecule has 1 aromatic heterocycles. The number of halogens is 1. The number of benzene rings is 1. The second-order valence-corrected chi connectivity index (χ2v) is 9.87. The zero-order valence-electron chi connectivity index (χ0n) is 15.0. The van der Waals surface area contributed by atoms with Crippen molar-refractivity contribution in [2.45, 2.75) is 62.4 Å². The van der Waals surface area contributed by atoms with Gasteiger partial charge < -0.3 is 10.3 Å². The summed E-state index contributed by atoms with van der Waals surface area (Å²) < 4.78 is 33.1. The van der Waals surface area contributed by atoms with E-state index in [1.807, 2.05) is 0 Å². The van der Waals surface area contributed by atoms with Crippen LogP contribution >= 0.6 is 11.6 Å². The van der Waals surface area contributed by atoms with Crippen LogP contribution in [0.5, 0.6) is 0 Å². The number of hydrogen-bond donors (Lipinski definition) is 2. The molecule has 0 amide bonds. The highest BCUT2D eigenvalue weighted by molar-refractivity contribution is 7.89. The summed E-state index contributed by atoms with van der Waals surface area (Å²) >= 11 is 6.24. The number of nitrogens with zero attached hydrogens (tertiary/aromatic N) is 2. The maximum Gasteiger partial charge on any atom is 0.259 e. The predicted octanol–water partition coefficient (Wildman–Crippen LogP) is 3.19. The third-order valence-corrected chi connectivity index (χ3v) is 6.37. The van der Waals surface area contributed by atoms with Gasteiger partial charge in [0, 0.05) is 5.54 Å². The van der Waals surface area contributed by atoms with E-state index in [1.165, 1.54) is 18.2 Å². The van der Waals surface area contributed by atoms with Gasteiger partial charge in [-0.3, -0.25) is 0 Å². The molecule has 0 saturated heterocycles. The van der Waals surface area contributed by atoms with E-state index in [9.17, 15) is 8.42 Å². The van der Waals surface area contributed by atoms with Gasteiger partial charge in [-0.05, 0) is 51.8 Å². The SMILES string of the molecule is CC(C)(C)NS(=O)(=O)c1ccc(Cl)c(-c2nc(C3(N)CCCC3)no2)c1. The molecular weight excluding hydrogens is 376 g/mol. The molecular formula is C17H23ClN4O3S. The van der Waals surface area contributed by atoms with Crippen molar-refractivity contribution in [3.8, 4) is 11.5 Å². The van der Waals surface area contributed by atoms with E-state index in [4.69, 9.17) is 21.9 Å². The Balaban J connectivity index is 1.98. The van der Waals surface area contributed by atoms with E-state index in [0.29, 0.717) is 16.4 Å². The summed E-state index contributed by atoms with van der Waals surface area (Å²) in [6.45, 7) is 5.32. The molecule has 1 saturated carbocycles. The van der Waals surface area contributed by atoms with Crippen molar-refractivity contribution in [3.05, 3.63) is 29.0 Å². The molecule has 1 fully saturated rings. The summed E-state index contributed by atoms with van der Waals surface area (Å²) in [5, 5.41) is 4.33. The molecule has 0 bridgehead atoms. The van der Waals surface area contributed by atoms with Crippen molar-refractivity contribution in [2.75, 3.05) is 0 Å². The van der Waals surface area contributed by atoms with E-state index in [0.717, 1.165) is 25.7 Å². The van der Waals surface area contributed by atoms with Crippen molar-refractivity contribution in [1.29, 1.82) is 0 Å². The first-order valence-corrected chi connectivity index (χ1v) is 10.3. The Morgan fingerprint density at radius 1 is 1.27 bits per heavy atom. The van der Waals surface area contributed by atoms with Crippen LogP contribution in [0.25, 0.3) is 11.5 Å². The van der Waals surface area contributed by atoms with Crippen molar-refractivity contribution in [1.82, 2.24) is 14.9 Å². The largest absolute Gasteiger partial charge is 0.334 e. The van der Waals surface area contributed by atoms with Crippen molar-refractivity contribution in [2.24, 2.45) is 5.73 Å². The van der Waals surface area contributed by atoms with Crippen LogP contribution in [0.2, 0.25) is 5.02 Å². The summed E-state index contributed by atoms with van der Waals surface area (Å²) in [5.74, 6) is 0.594. The monoisotopic (exact) mass is 398 g/mol. The average molecular weight is 399 g/mol. The molecule has 1 aromatic carbocycles. The molecule has 26 heavy (non-hydrogen) atoms. The molecule has 3 rings (SSSR count). The lowest BCUT2D eigenvalue weighted by Gasteiger charge is -2.20. The molecule has 1 heterocycles. The molecule has 9 heteroatoms. The Kier molecular flexibility index (Phi) is 4.89. The summed E-state index contributed by atoms with van der Waals surface area (Å²) in [4.78, 5) is 4.47. The van der Waals surface area contributed by atoms with Gasteiger partial charge in [0.25, 0.3) is 5.89 Å². The van der Waals surface area contributed by atoms with Gasteiger partial charge in [-0.1, -0.05) is 29.6 Å². The maximum absolute atomic E-state index is 12.6. The van der Waals surface area contributed by atoms with Gasteiger partial charge in [-0.2, -0.15) is 4.98 Å². The van der Waals surface area contributed by atoms with E-state index in [1.54, 1.807) is 20.8 Å². The molecule has 0 spiro atoms. The topological polar surface area (TPSA) is 111 Å². The maximum atomic E-state index is 12.6. The lowest BCUT2D eigenvalue weighted by Crippen LogP contribution is -2.40. The number of aromatic nitrogens is 2. The van der Waals surface area contributed by atoms with Crippen LogP contribution < -0.4 is 10.5 Å². The van der Waals surface area contributed by atoms with E-state index >= 15 is 0 Å². The Morgan fingerprint density at radius 2 is 1.92 bits per heavy atom. The molecule has 1 aliphatic carbocycles. The van der Waals surface area contributed by atoms with Crippen molar-refractivity contribution >= 4 is 21.6 Å². The lowest BCUT2D eigenvalue weighted by molar-refractivity contribution is 0.372. The minimum absolute atomic E-state index is 0.0786. The number of rotatable bonds is 4. The first kappa shape index (κ1) is 19.3. The molecule has 142 valence electrons. The number of nitrogens with two attached hydrogens (primary N) is 1. The van der Waals surface area contributed by atoms with Crippen LogP contribution in [0.1, 0.15) is 52.3 Å². The summed E-state index contributed by atoms with van der Waals surface area (Å²) in [6, 6.07) is 4.38. The van der Waals surface area contributed by atoms with Crippen LogP contribution in [-0.4, -0.2) is 24.1 Å². The summed E-state index contributed by atoms with van der Waals surface area (Å²) in [5.41, 5.74) is 5.52. The summed E-state index contributed by atoms with van der Waals surface area (Å²) in [6.07, 6.45) is 3.63.